The van der Waals surface area contributed by atoms with Gasteiger partial charge in [-0.3, -0.25) is 0 Å². The standard InChI is InChI=1S/C17H17N3O3/c1-9(2)13(18)16-20-14(17(21)22-3)15(23-16)11-8-19-12-7-5-4-6-10(11)12/h4-8,13,19H,1,18H2,2-3H3/t13-/m0/s1. The summed E-state index contributed by atoms with van der Waals surface area (Å²) in [5.74, 6) is -0.00613. The largest absolute Gasteiger partial charge is 0.464 e. The van der Waals surface area contributed by atoms with Gasteiger partial charge in [0, 0.05) is 22.7 Å². The van der Waals surface area contributed by atoms with E-state index in [1.54, 1.807) is 13.1 Å². The zero-order valence-corrected chi connectivity index (χ0v) is 12.9. The molecule has 6 nitrogen and oxygen atoms in total. The van der Waals surface area contributed by atoms with Crippen LogP contribution < -0.4 is 5.73 Å². The van der Waals surface area contributed by atoms with Crippen molar-refractivity contribution in [3.05, 3.63) is 54.2 Å². The number of esters is 1. The van der Waals surface area contributed by atoms with E-state index in [-0.39, 0.29) is 11.6 Å². The lowest BCUT2D eigenvalue weighted by Crippen LogP contribution is -2.12. The molecule has 0 radical (unpaired) electrons. The molecule has 3 rings (SSSR count). The molecule has 1 atom stereocenters. The van der Waals surface area contributed by atoms with Crippen LogP contribution in [0.3, 0.4) is 0 Å². The maximum absolute atomic E-state index is 12.1. The van der Waals surface area contributed by atoms with Crippen molar-refractivity contribution in [2.24, 2.45) is 5.73 Å². The molecular weight excluding hydrogens is 294 g/mol. The van der Waals surface area contributed by atoms with Gasteiger partial charge in [0.25, 0.3) is 0 Å². The second kappa shape index (κ2) is 5.73. The van der Waals surface area contributed by atoms with E-state index in [2.05, 4.69) is 16.5 Å². The minimum atomic E-state index is -0.586. The molecule has 0 spiro atoms. The van der Waals surface area contributed by atoms with Crippen LogP contribution in [0, 0.1) is 0 Å². The summed E-state index contributed by atoms with van der Waals surface area (Å²) in [7, 11) is 1.30. The second-order valence-corrected chi connectivity index (χ2v) is 5.29. The van der Waals surface area contributed by atoms with Gasteiger partial charge in [-0.25, -0.2) is 9.78 Å². The van der Waals surface area contributed by atoms with Gasteiger partial charge in [0.15, 0.2) is 11.5 Å². The van der Waals surface area contributed by atoms with Crippen LogP contribution in [-0.2, 0) is 4.74 Å². The third-order valence-corrected chi connectivity index (χ3v) is 3.65. The second-order valence-electron chi connectivity index (χ2n) is 5.29. The molecule has 0 amide bonds. The van der Waals surface area contributed by atoms with E-state index in [9.17, 15) is 4.79 Å². The van der Waals surface area contributed by atoms with E-state index >= 15 is 0 Å². The Morgan fingerprint density at radius 2 is 2.17 bits per heavy atom. The van der Waals surface area contributed by atoms with Crippen molar-refractivity contribution in [1.29, 1.82) is 0 Å². The summed E-state index contributed by atoms with van der Waals surface area (Å²) in [5, 5.41) is 0.921. The summed E-state index contributed by atoms with van der Waals surface area (Å²) in [6, 6.07) is 7.12. The maximum atomic E-state index is 12.1. The van der Waals surface area contributed by atoms with Crippen molar-refractivity contribution < 1.29 is 13.9 Å². The lowest BCUT2D eigenvalue weighted by atomic mass is 10.1. The van der Waals surface area contributed by atoms with Crippen LogP contribution in [0.15, 0.2) is 47.0 Å². The number of oxazole rings is 1. The number of aromatic amines is 1. The van der Waals surface area contributed by atoms with E-state index in [0.717, 1.165) is 16.5 Å². The number of hydrogen-bond acceptors (Lipinski definition) is 5. The minimum absolute atomic E-state index is 0.101. The maximum Gasteiger partial charge on any atom is 0.360 e. The molecule has 3 aromatic rings. The average Bonchev–Trinajstić information content (AvgIpc) is 3.17. The fourth-order valence-electron chi connectivity index (χ4n) is 2.36. The van der Waals surface area contributed by atoms with Gasteiger partial charge in [-0.15, -0.1) is 0 Å². The minimum Gasteiger partial charge on any atom is -0.464 e. The van der Waals surface area contributed by atoms with E-state index in [0.29, 0.717) is 11.3 Å². The van der Waals surface area contributed by atoms with Crippen LogP contribution in [0.1, 0.15) is 29.3 Å². The number of nitrogens with two attached hydrogens (primary N) is 1. The van der Waals surface area contributed by atoms with Crippen LogP contribution in [0.5, 0.6) is 0 Å². The monoisotopic (exact) mass is 311 g/mol. The van der Waals surface area contributed by atoms with Crippen LogP contribution in [0.4, 0.5) is 0 Å². The van der Waals surface area contributed by atoms with Crippen LogP contribution in [0.25, 0.3) is 22.2 Å². The highest BCUT2D eigenvalue weighted by Gasteiger charge is 2.26. The van der Waals surface area contributed by atoms with Crippen molar-refractivity contribution in [2.75, 3.05) is 7.11 Å². The zero-order valence-electron chi connectivity index (χ0n) is 12.9. The first kappa shape index (κ1) is 15.1. The first-order valence-electron chi connectivity index (χ1n) is 7.09. The molecule has 1 aromatic carbocycles. The van der Waals surface area contributed by atoms with Crippen molar-refractivity contribution in [1.82, 2.24) is 9.97 Å². The normalized spacial score (nSPS) is 12.3. The number of rotatable bonds is 4. The Labute approximate surface area is 133 Å². The summed E-state index contributed by atoms with van der Waals surface area (Å²) < 4.78 is 10.6. The fourth-order valence-corrected chi connectivity index (χ4v) is 2.36. The number of carbonyl (C=O) groups is 1. The molecule has 0 aliphatic carbocycles. The number of benzene rings is 1. The number of hydrogen-bond donors (Lipinski definition) is 2. The quantitative estimate of drug-likeness (QED) is 0.570. The van der Waals surface area contributed by atoms with Gasteiger partial charge < -0.3 is 19.9 Å². The number of aromatic nitrogens is 2. The molecule has 0 aliphatic rings. The molecule has 0 bridgehead atoms. The first-order chi connectivity index (χ1) is 11.0. The van der Waals surface area contributed by atoms with Gasteiger partial charge in [-0.05, 0) is 13.0 Å². The number of para-hydroxylation sites is 1. The summed E-state index contributed by atoms with van der Waals surface area (Å²) in [4.78, 5) is 19.4. The van der Waals surface area contributed by atoms with E-state index in [1.165, 1.54) is 7.11 Å². The molecule has 118 valence electrons. The topological polar surface area (TPSA) is 94.1 Å². The molecule has 0 saturated heterocycles. The molecule has 2 aromatic heterocycles. The molecule has 6 heteroatoms. The van der Waals surface area contributed by atoms with Crippen molar-refractivity contribution >= 4 is 16.9 Å². The van der Waals surface area contributed by atoms with Gasteiger partial charge in [0.2, 0.25) is 5.89 Å². The van der Waals surface area contributed by atoms with Crippen molar-refractivity contribution in [3.63, 3.8) is 0 Å². The molecule has 3 N–H and O–H groups in total. The van der Waals surface area contributed by atoms with Gasteiger partial charge in [-0.1, -0.05) is 30.4 Å². The van der Waals surface area contributed by atoms with Gasteiger partial charge in [0.1, 0.15) is 6.04 Å². The van der Waals surface area contributed by atoms with E-state index in [4.69, 9.17) is 14.9 Å². The number of nitrogens with zero attached hydrogens (tertiary/aromatic N) is 1. The molecule has 0 unspecified atom stereocenters. The Bertz CT molecular complexity index is 892. The van der Waals surface area contributed by atoms with Gasteiger partial charge in [0.05, 0.1) is 7.11 Å². The molecule has 0 fully saturated rings. The van der Waals surface area contributed by atoms with Gasteiger partial charge >= 0.3 is 5.97 Å². The zero-order chi connectivity index (χ0) is 16.6. The number of fused-ring (bicyclic) bond motifs is 1. The highest BCUT2D eigenvalue weighted by atomic mass is 16.5. The summed E-state index contributed by atoms with van der Waals surface area (Å²) >= 11 is 0. The van der Waals surface area contributed by atoms with Crippen LogP contribution in [0.2, 0.25) is 0 Å². The summed E-state index contributed by atoms with van der Waals surface area (Å²) in [5.41, 5.74) is 8.46. The molecular formula is C17H17N3O3. The Kier molecular flexibility index (Phi) is 3.75. The van der Waals surface area contributed by atoms with Crippen LogP contribution in [-0.4, -0.2) is 23.0 Å². The number of carbonyl (C=O) groups excluding carboxylic acids is 1. The SMILES string of the molecule is C=C(C)[C@H](N)c1nc(C(=O)OC)c(-c2c[nH]c3ccccc23)o1. The molecule has 23 heavy (non-hydrogen) atoms. The Balaban J connectivity index is 2.21. The number of H-pyrrole nitrogens is 1. The highest BCUT2D eigenvalue weighted by molar-refractivity contribution is 6.00. The third kappa shape index (κ3) is 2.53. The van der Waals surface area contributed by atoms with Crippen molar-refractivity contribution in [3.8, 4) is 11.3 Å². The first-order valence-corrected chi connectivity index (χ1v) is 7.09. The fraction of sp³-hybridized carbons (Fsp3) is 0.176. The Morgan fingerprint density at radius 1 is 1.43 bits per heavy atom. The van der Waals surface area contributed by atoms with E-state index < -0.39 is 12.0 Å². The van der Waals surface area contributed by atoms with E-state index in [1.807, 2.05) is 24.3 Å². The smallest absolute Gasteiger partial charge is 0.360 e. The molecule has 0 aliphatic heterocycles. The highest BCUT2D eigenvalue weighted by Crippen LogP contribution is 2.33. The van der Waals surface area contributed by atoms with Crippen LogP contribution >= 0.6 is 0 Å². The lowest BCUT2D eigenvalue weighted by Gasteiger charge is -2.05. The number of nitrogens with one attached hydrogen (secondary N) is 1. The number of ether oxygens (including phenoxy) is 1. The predicted molar refractivity (Wildman–Crippen MR) is 86.9 cm³/mol. The predicted octanol–water partition coefficient (Wildman–Crippen LogP) is 3.19. The summed E-state index contributed by atoms with van der Waals surface area (Å²) in [6.45, 7) is 5.58. The van der Waals surface area contributed by atoms with Gasteiger partial charge in [-0.2, -0.15) is 0 Å². The summed E-state index contributed by atoms with van der Waals surface area (Å²) in [6.07, 6.45) is 1.77. The lowest BCUT2D eigenvalue weighted by molar-refractivity contribution is 0.0595. The molecule has 0 saturated carbocycles. The average molecular weight is 311 g/mol. The Hall–Kier alpha value is -2.86. The molecule has 2 heterocycles. The Morgan fingerprint density at radius 3 is 2.87 bits per heavy atom. The number of methoxy groups -OCH3 is 1. The third-order valence-electron chi connectivity index (χ3n) is 3.65. The van der Waals surface area contributed by atoms with Crippen molar-refractivity contribution in [2.45, 2.75) is 13.0 Å².